The average Bonchev–Trinajstić information content (AvgIpc) is 3.31. The van der Waals surface area contributed by atoms with Crippen molar-refractivity contribution in [1.82, 2.24) is 9.97 Å². The number of carbonyl (C=O) groups excluding carboxylic acids is 2. The van der Waals surface area contributed by atoms with E-state index in [1.54, 1.807) is 42.5 Å². The van der Waals surface area contributed by atoms with Gasteiger partial charge >= 0.3 is 0 Å². The molecule has 2 amide bonds. The Morgan fingerprint density at radius 1 is 1.17 bits per heavy atom. The topological polar surface area (TPSA) is 98.3 Å². The van der Waals surface area contributed by atoms with Crippen molar-refractivity contribution < 1.29 is 19.1 Å². The molecule has 176 valence electrons. The lowest BCUT2D eigenvalue weighted by atomic mass is 9.85. The Balaban J connectivity index is 1.47. The molecule has 1 unspecified atom stereocenters. The number of fused-ring (bicyclic) bond motifs is 2. The van der Waals surface area contributed by atoms with Crippen LogP contribution in [0.1, 0.15) is 40.7 Å². The number of H-pyrrole nitrogens is 1. The molecule has 2 heterocycles. The van der Waals surface area contributed by atoms with E-state index in [1.807, 2.05) is 0 Å². The van der Waals surface area contributed by atoms with Crippen LogP contribution in [0.4, 0.5) is 16.0 Å². The van der Waals surface area contributed by atoms with Crippen molar-refractivity contribution in [2.45, 2.75) is 25.0 Å². The van der Waals surface area contributed by atoms with Crippen molar-refractivity contribution in [3.63, 3.8) is 0 Å². The minimum absolute atomic E-state index is 0.00152. The van der Waals surface area contributed by atoms with Gasteiger partial charge in [0.05, 0.1) is 21.7 Å². The summed E-state index contributed by atoms with van der Waals surface area (Å²) >= 11 is 6.01. The molecule has 2 aliphatic rings. The number of aliphatic hydroxyl groups is 1. The van der Waals surface area contributed by atoms with Gasteiger partial charge in [-0.1, -0.05) is 48.4 Å². The van der Waals surface area contributed by atoms with E-state index in [0.29, 0.717) is 28.1 Å². The third-order valence-corrected chi connectivity index (χ3v) is 7.13. The zero-order valence-corrected chi connectivity index (χ0v) is 19.1. The number of aromatic nitrogens is 2. The average molecular weight is 491 g/mol. The molecule has 4 aromatic rings. The predicted molar refractivity (Wildman–Crippen MR) is 130 cm³/mol. The van der Waals surface area contributed by atoms with Crippen molar-refractivity contribution in [2.75, 3.05) is 10.2 Å². The Kier molecular flexibility index (Phi) is 4.91. The summed E-state index contributed by atoms with van der Waals surface area (Å²) in [5, 5.41) is 14.8. The number of rotatable bonds is 4. The fraction of sp³-hybridized carbons (Fsp3) is 0.192. The molecular formula is C26H20ClFN4O3. The summed E-state index contributed by atoms with van der Waals surface area (Å²) in [5.41, 5.74) is -0.132. The van der Waals surface area contributed by atoms with E-state index in [1.165, 1.54) is 18.2 Å². The van der Waals surface area contributed by atoms with Crippen LogP contribution in [0.5, 0.6) is 0 Å². The second kappa shape index (κ2) is 7.90. The van der Waals surface area contributed by atoms with Gasteiger partial charge in [-0.2, -0.15) is 0 Å². The van der Waals surface area contributed by atoms with Crippen molar-refractivity contribution in [1.29, 1.82) is 0 Å². The lowest BCUT2D eigenvalue weighted by Gasteiger charge is -2.35. The van der Waals surface area contributed by atoms with E-state index in [-0.39, 0.29) is 28.1 Å². The molecule has 1 aliphatic carbocycles. The zero-order valence-electron chi connectivity index (χ0n) is 18.4. The number of nitrogens with zero attached hydrogens (tertiary/aromatic N) is 2. The first-order valence-corrected chi connectivity index (χ1v) is 11.7. The summed E-state index contributed by atoms with van der Waals surface area (Å²) in [5.74, 6) is -1.13. The summed E-state index contributed by atoms with van der Waals surface area (Å²) < 4.78 is 15.1. The van der Waals surface area contributed by atoms with Gasteiger partial charge in [-0.3, -0.25) is 19.8 Å². The second-order valence-corrected chi connectivity index (χ2v) is 9.27. The number of amides is 2. The third kappa shape index (κ3) is 3.25. The third-order valence-electron chi connectivity index (χ3n) is 6.83. The number of halogens is 2. The predicted octanol–water partition coefficient (Wildman–Crippen LogP) is 4.95. The number of nitrogens with one attached hydrogen (secondary N) is 2. The minimum atomic E-state index is -2.01. The molecule has 1 aromatic heterocycles. The lowest BCUT2D eigenvalue weighted by molar-refractivity contribution is -0.122. The summed E-state index contributed by atoms with van der Waals surface area (Å²) in [6, 6.07) is 15.9. The highest BCUT2D eigenvalue weighted by atomic mass is 35.5. The number of anilines is 2. The van der Waals surface area contributed by atoms with Crippen LogP contribution in [0.3, 0.4) is 0 Å². The fourth-order valence-electron chi connectivity index (χ4n) is 4.77. The van der Waals surface area contributed by atoms with E-state index < -0.39 is 17.4 Å². The molecule has 0 spiro atoms. The van der Waals surface area contributed by atoms with Gasteiger partial charge in [-0.25, -0.2) is 9.37 Å². The van der Waals surface area contributed by atoms with Gasteiger partial charge in [-0.15, -0.1) is 0 Å². The molecule has 0 bridgehead atoms. The van der Waals surface area contributed by atoms with Crippen LogP contribution in [0, 0.1) is 11.7 Å². The molecular weight excluding hydrogens is 471 g/mol. The van der Waals surface area contributed by atoms with Gasteiger partial charge in [0.1, 0.15) is 0 Å². The highest BCUT2D eigenvalue weighted by molar-refractivity contribution is 6.31. The Morgan fingerprint density at radius 3 is 2.74 bits per heavy atom. The lowest BCUT2D eigenvalue weighted by Crippen LogP contribution is -2.45. The van der Waals surface area contributed by atoms with Crippen LogP contribution >= 0.6 is 11.6 Å². The van der Waals surface area contributed by atoms with E-state index in [2.05, 4.69) is 15.3 Å². The summed E-state index contributed by atoms with van der Waals surface area (Å²) in [6.07, 6.45) is 2.78. The Bertz CT molecular complexity index is 1520. The van der Waals surface area contributed by atoms with E-state index in [0.717, 1.165) is 24.2 Å². The largest absolute Gasteiger partial charge is 0.363 e. The molecule has 1 saturated carbocycles. The van der Waals surface area contributed by atoms with Crippen LogP contribution < -0.4 is 10.2 Å². The molecule has 35 heavy (non-hydrogen) atoms. The Morgan fingerprint density at radius 2 is 1.97 bits per heavy atom. The smallest absolute Gasteiger partial charge is 0.261 e. The van der Waals surface area contributed by atoms with Crippen LogP contribution in [0.2, 0.25) is 5.02 Å². The quantitative estimate of drug-likeness (QED) is 0.377. The summed E-state index contributed by atoms with van der Waals surface area (Å²) in [4.78, 5) is 34.3. The van der Waals surface area contributed by atoms with Gasteiger partial charge < -0.3 is 10.1 Å². The summed E-state index contributed by atoms with van der Waals surface area (Å²) in [7, 11) is 0. The van der Waals surface area contributed by atoms with Crippen molar-refractivity contribution >= 4 is 46.1 Å². The first kappa shape index (κ1) is 21.8. The molecule has 6 rings (SSSR count). The van der Waals surface area contributed by atoms with Crippen molar-refractivity contribution in [3.05, 3.63) is 88.2 Å². The number of imidazole rings is 1. The molecule has 3 aromatic carbocycles. The molecule has 3 N–H and O–H groups in total. The van der Waals surface area contributed by atoms with Crippen molar-refractivity contribution in [3.8, 4) is 0 Å². The molecule has 0 radical (unpaired) electrons. The molecule has 1 aliphatic heterocycles. The SMILES string of the molecule is O=C(Nc1nc2ccc(C3(O)c4ccccc4C(=O)N3c3cccc(Cl)c3F)cc2[nH]1)C1CCC1. The Labute approximate surface area is 204 Å². The maximum atomic E-state index is 15.1. The van der Waals surface area contributed by atoms with Gasteiger partial charge in [0.25, 0.3) is 5.91 Å². The number of hydrogen-bond donors (Lipinski definition) is 3. The highest BCUT2D eigenvalue weighted by Crippen LogP contribution is 2.46. The molecule has 0 saturated heterocycles. The van der Waals surface area contributed by atoms with E-state index >= 15 is 4.39 Å². The van der Waals surface area contributed by atoms with Crippen molar-refractivity contribution in [2.24, 2.45) is 5.92 Å². The van der Waals surface area contributed by atoms with Crippen LogP contribution in [-0.2, 0) is 10.5 Å². The van der Waals surface area contributed by atoms with Crippen LogP contribution in [-0.4, -0.2) is 26.9 Å². The summed E-state index contributed by atoms with van der Waals surface area (Å²) in [6.45, 7) is 0. The van der Waals surface area contributed by atoms with Gasteiger partial charge in [-0.05, 0) is 43.2 Å². The molecule has 7 nitrogen and oxygen atoms in total. The van der Waals surface area contributed by atoms with E-state index in [4.69, 9.17) is 11.6 Å². The first-order valence-electron chi connectivity index (χ1n) is 11.3. The maximum Gasteiger partial charge on any atom is 0.261 e. The Hall–Kier alpha value is -3.75. The number of benzene rings is 3. The zero-order chi connectivity index (χ0) is 24.3. The van der Waals surface area contributed by atoms with Gasteiger partial charge in [0.15, 0.2) is 11.5 Å². The monoisotopic (exact) mass is 490 g/mol. The first-order chi connectivity index (χ1) is 16.9. The second-order valence-electron chi connectivity index (χ2n) is 8.87. The van der Waals surface area contributed by atoms with Gasteiger partial charge in [0, 0.05) is 22.6 Å². The van der Waals surface area contributed by atoms with Gasteiger partial charge in [0.2, 0.25) is 11.9 Å². The molecule has 9 heteroatoms. The van der Waals surface area contributed by atoms with E-state index in [9.17, 15) is 14.7 Å². The molecule has 1 atom stereocenters. The highest BCUT2D eigenvalue weighted by Gasteiger charge is 2.51. The van der Waals surface area contributed by atoms with Crippen LogP contribution in [0.25, 0.3) is 11.0 Å². The number of aromatic amines is 1. The number of hydrogen-bond acceptors (Lipinski definition) is 4. The normalized spacial score (nSPS) is 19.6. The van der Waals surface area contributed by atoms with Crippen LogP contribution in [0.15, 0.2) is 60.7 Å². The minimum Gasteiger partial charge on any atom is -0.363 e. The molecule has 1 fully saturated rings. The standard InChI is InChI=1S/C26H20ClFN4O3/c27-18-9-4-10-21(22(18)28)32-24(34)16-7-1-2-8-17(16)26(32,35)15-11-12-19-20(13-15)30-25(29-19)31-23(33)14-5-3-6-14/h1-2,4,7-14,35H,3,5-6H2,(H2,29,30,31,33). The maximum absolute atomic E-state index is 15.1. The fourth-order valence-corrected chi connectivity index (χ4v) is 4.94. The number of carbonyl (C=O) groups is 2.